The van der Waals surface area contributed by atoms with Gasteiger partial charge in [0.25, 0.3) is 0 Å². The second-order valence-corrected chi connectivity index (χ2v) is 9.29. The van der Waals surface area contributed by atoms with E-state index in [1.54, 1.807) is 36.7 Å². The smallest absolute Gasteiger partial charge is 0.243 e. The molecule has 0 bridgehead atoms. The highest BCUT2D eigenvalue weighted by Crippen LogP contribution is 2.21. The molecule has 0 radical (unpaired) electrons. The van der Waals surface area contributed by atoms with Crippen molar-refractivity contribution >= 4 is 40.0 Å². The van der Waals surface area contributed by atoms with Gasteiger partial charge in [-0.1, -0.05) is 18.6 Å². The van der Waals surface area contributed by atoms with Crippen molar-refractivity contribution in [1.82, 2.24) is 14.9 Å². The Morgan fingerprint density at radius 1 is 1.21 bits per heavy atom. The average molecular weight is 524 g/mol. The molecule has 7 nitrogen and oxygen atoms in total. The van der Waals surface area contributed by atoms with Crippen molar-refractivity contribution in [2.24, 2.45) is 4.99 Å². The maximum Gasteiger partial charge on any atom is 0.243 e. The van der Waals surface area contributed by atoms with Gasteiger partial charge in [0.15, 0.2) is 5.96 Å². The summed E-state index contributed by atoms with van der Waals surface area (Å²) in [6, 6.07) is 7.11. The van der Waals surface area contributed by atoms with Crippen LogP contribution < -0.4 is 10.6 Å². The fourth-order valence-corrected chi connectivity index (χ4v) is 4.43. The fraction of sp³-hybridized carbons (Fsp3) is 0.632. The topological polar surface area (TPSA) is 83.0 Å². The summed E-state index contributed by atoms with van der Waals surface area (Å²) in [6.45, 7) is 6.28. The van der Waals surface area contributed by atoms with Crippen LogP contribution in [0.1, 0.15) is 38.7 Å². The van der Waals surface area contributed by atoms with Crippen LogP contribution in [0.15, 0.2) is 34.2 Å². The van der Waals surface area contributed by atoms with Gasteiger partial charge in [0.2, 0.25) is 10.0 Å². The molecule has 0 unspecified atom stereocenters. The third-order valence-electron chi connectivity index (χ3n) is 4.77. The molecular formula is C19H33IN4O3S. The van der Waals surface area contributed by atoms with Crippen molar-refractivity contribution < 1.29 is 13.2 Å². The number of nitrogens with one attached hydrogen (secondary N) is 2. The van der Waals surface area contributed by atoms with E-state index in [0.717, 1.165) is 24.8 Å². The van der Waals surface area contributed by atoms with Gasteiger partial charge < -0.3 is 15.4 Å². The van der Waals surface area contributed by atoms with Crippen molar-refractivity contribution in [2.75, 3.05) is 33.8 Å². The Bertz CT molecular complexity index is 747. The Kier molecular flexibility index (Phi) is 10.2. The highest BCUT2D eigenvalue weighted by Gasteiger charge is 2.26. The number of halogens is 1. The lowest BCUT2D eigenvalue weighted by atomic mass is 10.1. The van der Waals surface area contributed by atoms with Crippen molar-refractivity contribution in [3.63, 3.8) is 0 Å². The van der Waals surface area contributed by atoms with Gasteiger partial charge in [-0.05, 0) is 44.4 Å². The Labute approximate surface area is 186 Å². The second kappa shape index (κ2) is 11.3. The van der Waals surface area contributed by atoms with Gasteiger partial charge in [-0.15, -0.1) is 24.0 Å². The molecule has 28 heavy (non-hydrogen) atoms. The molecule has 1 heterocycles. The molecular weight excluding hydrogens is 491 g/mol. The van der Waals surface area contributed by atoms with Crippen LogP contribution in [0.3, 0.4) is 0 Å². The van der Waals surface area contributed by atoms with Gasteiger partial charge in [0, 0.05) is 40.3 Å². The van der Waals surface area contributed by atoms with Crippen LogP contribution in [0.2, 0.25) is 0 Å². The number of rotatable bonds is 7. The first kappa shape index (κ1) is 25.1. The number of piperidine rings is 1. The molecule has 0 saturated carbocycles. The fourth-order valence-electron chi connectivity index (χ4n) is 2.85. The minimum atomic E-state index is -3.42. The van der Waals surface area contributed by atoms with E-state index in [1.807, 2.05) is 19.9 Å². The molecule has 1 fully saturated rings. The molecule has 1 aromatic rings. The highest BCUT2D eigenvalue weighted by molar-refractivity contribution is 14.0. The molecule has 0 spiro atoms. The van der Waals surface area contributed by atoms with E-state index in [1.165, 1.54) is 0 Å². The third-order valence-corrected chi connectivity index (χ3v) is 6.66. The quantitative estimate of drug-likeness (QED) is 0.326. The number of hydrogen-bond donors (Lipinski definition) is 2. The lowest BCUT2D eigenvalue weighted by Crippen LogP contribution is -2.45. The molecule has 9 heteroatoms. The summed E-state index contributed by atoms with van der Waals surface area (Å²) in [5.41, 5.74) is 0.585. The van der Waals surface area contributed by atoms with Crippen LogP contribution in [0, 0.1) is 0 Å². The third kappa shape index (κ3) is 7.16. The SMILES string of the molecule is CN=C(NCc1cccc(S(=O)(=O)N2CCCCC2)c1)NCC(C)(C)OC.I. The maximum absolute atomic E-state index is 12.8. The van der Waals surface area contributed by atoms with Gasteiger partial charge in [0.1, 0.15) is 0 Å². The zero-order valence-electron chi connectivity index (χ0n) is 17.2. The second-order valence-electron chi connectivity index (χ2n) is 7.36. The minimum absolute atomic E-state index is 0. The normalized spacial score (nSPS) is 16.4. The van der Waals surface area contributed by atoms with Crippen molar-refractivity contribution in [1.29, 1.82) is 0 Å². The number of hydrogen-bond acceptors (Lipinski definition) is 4. The number of nitrogens with zero attached hydrogens (tertiary/aromatic N) is 2. The molecule has 1 aromatic carbocycles. The Balaban J connectivity index is 0.00000392. The van der Waals surface area contributed by atoms with E-state index in [2.05, 4.69) is 15.6 Å². The Morgan fingerprint density at radius 3 is 2.50 bits per heavy atom. The molecule has 1 aliphatic rings. The van der Waals surface area contributed by atoms with Crippen LogP contribution in [0.25, 0.3) is 0 Å². The number of aliphatic imine (C=N–C) groups is 1. The molecule has 0 aromatic heterocycles. The summed E-state index contributed by atoms with van der Waals surface area (Å²) in [7, 11) is -0.0449. The molecule has 2 rings (SSSR count). The summed E-state index contributed by atoms with van der Waals surface area (Å²) in [5.74, 6) is 0.643. The van der Waals surface area contributed by atoms with Gasteiger partial charge in [-0.3, -0.25) is 4.99 Å². The monoisotopic (exact) mass is 524 g/mol. The number of guanidine groups is 1. The number of sulfonamides is 1. The molecule has 1 saturated heterocycles. The summed E-state index contributed by atoms with van der Waals surface area (Å²) in [4.78, 5) is 4.55. The number of benzene rings is 1. The predicted molar refractivity (Wildman–Crippen MR) is 124 cm³/mol. The predicted octanol–water partition coefficient (Wildman–Crippen LogP) is 2.57. The van der Waals surface area contributed by atoms with Crippen LogP contribution in [0.4, 0.5) is 0 Å². The minimum Gasteiger partial charge on any atom is -0.377 e. The maximum atomic E-state index is 12.8. The van der Waals surface area contributed by atoms with E-state index >= 15 is 0 Å². The highest BCUT2D eigenvalue weighted by atomic mass is 127. The van der Waals surface area contributed by atoms with E-state index in [9.17, 15) is 8.42 Å². The van der Waals surface area contributed by atoms with E-state index in [-0.39, 0.29) is 29.6 Å². The number of methoxy groups -OCH3 is 1. The van der Waals surface area contributed by atoms with Gasteiger partial charge >= 0.3 is 0 Å². The molecule has 2 N–H and O–H groups in total. The van der Waals surface area contributed by atoms with Crippen LogP contribution >= 0.6 is 24.0 Å². The number of ether oxygens (including phenoxy) is 1. The first-order valence-electron chi connectivity index (χ1n) is 9.37. The Hall–Kier alpha value is -0.910. The van der Waals surface area contributed by atoms with E-state index < -0.39 is 10.0 Å². The zero-order valence-corrected chi connectivity index (χ0v) is 20.3. The molecule has 0 amide bonds. The lowest BCUT2D eigenvalue weighted by molar-refractivity contribution is 0.0268. The largest absolute Gasteiger partial charge is 0.377 e. The first-order chi connectivity index (χ1) is 12.8. The molecule has 1 aliphatic heterocycles. The van der Waals surface area contributed by atoms with Crippen molar-refractivity contribution in [3.8, 4) is 0 Å². The van der Waals surface area contributed by atoms with Gasteiger partial charge in [-0.2, -0.15) is 4.31 Å². The first-order valence-corrected chi connectivity index (χ1v) is 10.8. The van der Waals surface area contributed by atoms with Crippen LogP contribution in [-0.2, 0) is 21.3 Å². The Morgan fingerprint density at radius 2 is 1.89 bits per heavy atom. The van der Waals surface area contributed by atoms with E-state index in [0.29, 0.717) is 37.0 Å². The van der Waals surface area contributed by atoms with E-state index in [4.69, 9.17) is 4.74 Å². The average Bonchev–Trinajstić information content (AvgIpc) is 2.69. The van der Waals surface area contributed by atoms with Crippen molar-refractivity contribution in [3.05, 3.63) is 29.8 Å². The van der Waals surface area contributed by atoms with Crippen LogP contribution in [0.5, 0.6) is 0 Å². The van der Waals surface area contributed by atoms with Gasteiger partial charge in [-0.25, -0.2) is 8.42 Å². The summed E-state index contributed by atoms with van der Waals surface area (Å²) in [6.07, 6.45) is 2.96. The summed E-state index contributed by atoms with van der Waals surface area (Å²) < 4.78 is 32.7. The van der Waals surface area contributed by atoms with Crippen LogP contribution in [-0.4, -0.2) is 58.1 Å². The van der Waals surface area contributed by atoms with Crippen molar-refractivity contribution in [2.45, 2.75) is 50.2 Å². The molecule has 0 atom stereocenters. The summed E-state index contributed by atoms with van der Waals surface area (Å²) in [5, 5.41) is 6.43. The standard InChI is InChI=1S/C19H32N4O3S.HI/c1-19(2,26-4)15-22-18(20-3)21-14-16-9-8-10-17(13-16)27(24,25)23-11-6-5-7-12-23;/h8-10,13H,5-7,11-12,14-15H2,1-4H3,(H2,20,21,22);1H. The lowest BCUT2D eigenvalue weighted by Gasteiger charge is -2.26. The summed E-state index contributed by atoms with van der Waals surface area (Å²) >= 11 is 0. The van der Waals surface area contributed by atoms with Gasteiger partial charge in [0.05, 0.1) is 10.5 Å². The zero-order chi connectivity index (χ0) is 19.9. The molecule has 0 aliphatic carbocycles. The molecule has 160 valence electrons.